The molecule has 0 radical (unpaired) electrons. The van der Waals surface area contributed by atoms with Crippen LogP contribution in [-0.2, 0) is 17.6 Å². The number of aryl methyl sites for hydroxylation is 1. The largest absolute Gasteiger partial charge is 0.497 e. The maximum absolute atomic E-state index is 12.3. The highest BCUT2D eigenvalue weighted by molar-refractivity contribution is 5.80. The molecule has 0 unspecified atom stereocenters. The normalized spacial score (nSPS) is 11.0. The molecule has 1 heterocycles. The van der Waals surface area contributed by atoms with Gasteiger partial charge in [-0.25, -0.2) is 0 Å². The van der Waals surface area contributed by atoms with Crippen LogP contribution >= 0.6 is 0 Å². The Kier molecular flexibility index (Phi) is 6.70. The zero-order chi connectivity index (χ0) is 20.8. The topological polar surface area (TPSA) is 71.2 Å². The third-order valence-corrected chi connectivity index (χ3v) is 5.10. The number of amides is 1. The van der Waals surface area contributed by atoms with E-state index in [-0.39, 0.29) is 11.5 Å². The fourth-order valence-corrected chi connectivity index (χ4v) is 3.33. The molecule has 0 spiro atoms. The number of H-pyrrole nitrogens is 1. The Labute approximate surface area is 171 Å². The highest BCUT2D eigenvalue weighted by Gasteiger charge is 2.07. The van der Waals surface area contributed by atoms with Gasteiger partial charge in [0, 0.05) is 24.0 Å². The summed E-state index contributed by atoms with van der Waals surface area (Å²) in [5, 5.41) is 3.94. The zero-order valence-electron chi connectivity index (χ0n) is 17.2. The highest BCUT2D eigenvalue weighted by atomic mass is 16.5. The fraction of sp³-hybridized carbons (Fsp3) is 0.333. The Balaban J connectivity index is 1.56. The Bertz CT molecular complexity index is 1050. The van der Waals surface area contributed by atoms with Crippen molar-refractivity contribution in [2.24, 2.45) is 0 Å². The summed E-state index contributed by atoms with van der Waals surface area (Å²) < 4.78 is 5.20. The monoisotopic (exact) mass is 392 g/mol. The van der Waals surface area contributed by atoms with Crippen molar-refractivity contribution in [1.29, 1.82) is 0 Å². The summed E-state index contributed by atoms with van der Waals surface area (Å²) in [6.45, 7) is 4.74. The summed E-state index contributed by atoms with van der Waals surface area (Å²) in [6, 6.07) is 15.8. The predicted molar refractivity (Wildman–Crippen MR) is 117 cm³/mol. The third-order valence-electron chi connectivity index (χ3n) is 5.10. The number of methoxy groups -OCH3 is 1. The molecule has 0 saturated carbocycles. The zero-order valence-corrected chi connectivity index (χ0v) is 17.2. The minimum atomic E-state index is -0.0968. The van der Waals surface area contributed by atoms with Crippen LogP contribution in [0.15, 0.2) is 53.3 Å². The number of rotatable bonds is 8. The van der Waals surface area contributed by atoms with Crippen molar-refractivity contribution in [3.05, 3.63) is 75.6 Å². The van der Waals surface area contributed by atoms with E-state index in [9.17, 15) is 9.59 Å². The van der Waals surface area contributed by atoms with Crippen molar-refractivity contribution < 1.29 is 9.53 Å². The second kappa shape index (κ2) is 9.41. The van der Waals surface area contributed by atoms with Gasteiger partial charge in [-0.05, 0) is 65.6 Å². The van der Waals surface area contributed by atoms with Crippen LogP contribution in [0.5, 0.6) is 5.75 Å². The molecule has 5 heteroatoms. The lowest BCUT2D eigenvalue weighted by molar-refractivity contribution is -0.121. The maximum Gasteiger partial charge on any atom is 0.251 e. The van der Waals surface area contributed by atoms with Crippen molar-refractivity contribution in [2.75, 3.05) is 13.7 Å². The number of ether oxygens (including phenoxy) is 1. The van der Waals surface area contributed by atoms with Gasteiger partial charge in [0.1, 0.15) is 5.75 Å². The van der Waals surface area contributed by atoms with Crippen LogP contribution in [0, 0.1) is 0 Å². The van der Waals surface area contributed by atoms with Crippen LogP contribution < -0.4 is 15.6 Å². The van der Waals surface area contributed by atoms with Crippen LogP contribution in [0.25, 0.3) is 10.9 Å². The van der Waals surface area contributed by atoms with Crippen LogP contribution in [0.2, 0.25) is 0 Å². The summed E-state index contributed by atoms with van der Waals surface area (Å²) in [7, 11) is 1.63. The van der Waals surface area contributed by atoms with E-state index in [4.69, 9.17) is 4.74 Å². The molecule has 2 aromatic carbocycles. The second-order valence-electron chi connectivity index (χ2n) is 7.58. The first-order chi connectivity index (χ1) is 14.0. The summed E-state index contributed by atoms with van der Waals surface area (Å²) in [4.78, 5) is 27.4. The molecule has 0 aliphatic carbocycles. The van der Waals surface area contributed by atoms with Gasteiger partial charge in [0.2, 0.25) is 5.91 Å². The number of hydrogen-bond donors (Lipinski definition) is 2. The second-order valence-corrected chi connectivity index (χ2v) is 7.58. The molecule has 5 nitrogen and oxygen atoms in total. The molecular formula is C24H28N2O3. The Morgan fingerprint density at radius 2 is 1.93 bits per heavy atom. The van der Waals surface area contributed by atoms with Crippen molar-refractivity contribution in [3.63, 3.8) is 0 Å². The van der Waals surface area contributed by atoms with E-state index < -0.39 is 0 Å². The van der Waals surface area contributed by atoms with Gasteiger partial charge in [-0.1, -0.05) is 32.0 Å². The average Bonchev–Trinajstić information content (AvgIpc) is 2.72. The van der Waals surface area contributed by atoms with E-state index in [0.717, 1.165) is 22.2 Å². The van der Waals surface area contributed by atoms with E-state index in [2.05, 4.69) is 30.2 Å². The van der Waals surface area contributed by atoms with Crippen LogP contribution in [0.3, 0.4) is 0 Å². The molecular weight excluding hydrogens is 364 g/mol. The minimum Gasteiger partial charge on any atom is -0.497 e. The third kappa shape index (κ3) is 5.47. The number of hydrogen-bond acceptors (Lipinski definition) is 3. The number of carbonyl (C=O) groups is 1. The van der Waals surface area contributed by atoms with E-state index in [1.807, 2.05) is 42.5 Å². The molecule has 1 aromatic heterocycles. The first kappa shape index (κ1) is 20.6. The first-order valence-electron chi connectivity index (χ1n) is 10.0. The van der Waals surface area contributed by atoms with Gasteiger partial charge < -0.3 is 15.0 Å². The standard InChI is InChI=1S/C24H28N2O3/c1-16(2)18-8-9-22-20(14-18)15-19(24(28)26-22)11-12-25-23(27)10-7-17-5-4-6-21(13-17)29-3/h4-6,8-9,13-16H,7,10-12H2,1-3H3,(H,25,27)(H,26,28). The van der Waals surface area contributed by atoms with Crippen molar-refractivity contribution in [2.45, 2.75) is 39.0 Å². The number of aromatic nitrogens is 1. The van der Waals surface area contributed by atoms with Gasteiger partial charge in [0.05, 0.1) is 7.11 Å². The minimum absolute atomic E-state index is 0.0212. The first-order valence-corrected chi connectivity index (χ1v) is 10.0. The van der Waals surface area contributed by atoms with E-state index in [1.165, 1.54) is 5.56 Å². The molecule has 1 amide bonds. The number of carbonyl (C=O) groups excluding carboxylic acids is 1. The van der Waals surface area contributed by atoms with Crippen LogP contribution in [-0.4, -0.2) is 24.5 Å². The van der Waals surface area contributed by atoms with Crippen molar-refractivity contribution >= 4 is 16.8 Å². The molecule has 2 N–H and O–H groups in total. The molecule has 0 fully saturated rings. The quantitative estimate of drug-likeness (QED) is 0.610. The molecule has 0 saturated heterocycles. The van der Waals surface area contributed by atoms with Gasteiger partial charge in [-0.2, -0.15) is 0 Å². The summed E-state index contributed by atoms with van der Waals surface area (Å²) in [5.41, 5.74) is 3.73. The Morgan fingerprint density at radius 1 is 1.10 bits per heavy atom. The Morgan fingerprint density at radius 3 is 2.69 bits per heavy atom. The molecule has 3 rings (SSSR count). The van der Waals surface area contributed by atoms with Crippen LogP contribution in [0.4, 0.5) is 0 Å². The molecule has 0 aliphatic heterocycles. The number of pyridine rings is 1. The number of benzene rings is 2. The van der Waals surface area contributed by atoms with Gasteiger partial charge in [0.25, 0.3) is 5.56 Å². The van der Waals surface area contributed by atoms with Gasteiger partial charge in [-0.15, -0.1) is 0 Å². The fourth-order valence-electron chi connectivity index (χ4n) is 3.33. The Hall–Kier alpha value is -3.08. The lowest BCUT2D eigenvalue weighted by Gasteiger charge is -2.09. The molecule has 0 bridgehead atoms. The number of fused-ring (bicyclic) bond motifs is 1. The molecule has 0 aliphatic rings. The highest BCUT2D eigenvalue weighted by Crippen LogP contribution is 2.20. The summed E-state index contributed by atoms with van der Waals surface area (Å²) >= 11 is 0. The van der Waals surface area contributed by atoms with Gasteiger partial charge in [0.15, 0.2) is 0 Å². The van der Waals surface area contributed by atoms with Gasteiger partial charge >= 0.3 is 0 Å². The maximum atomic E-state index is 12.3. The number of aromatic amines is 1. The molecule has 3 aromatic rings. The van der Waals surface area contributed by atoms with Gasteiger partial charge in [-0.3, -0.25) is 9.59 Å². The van der Waals surface area contributed by atoms with E-state index >= 15 is 0 Å². The summed E-state index contributed by atoms with van der Waals surface area (Å²) in [6.07, 6.45) is 1.55. The molecule has 29 heavy (non-hydrogen) atoms. The van der Waals surface area contributed by atoms with Crippen LogP contribution in [0.1, 0.15) is 42.9 Å². The lowest BCUT2D eigenvalue weighted by atomic mass is 10.0. The lowest BCUT2D eigenvalue weighted by Crippen LogP contribution is -2.27. The van der Waals surface area contributed by atoms with E-state index in [0.29, 0.717) is 37.3 Å². The summed E-state index contributed by atoms with van der Waals surface area (Å²) in [5.74, 6) is 1.20. The smallest absolute Gasteiger partial charge is 0.251 e. The van der Waals surface area contributed by atoms with E-state index in [1.54, 1.807) is 7.11 Å². The average molecular weight is 392 g/mol. The predicted octanol–water partition coefficient (Wildman–Crippen LogP) is 3.95. The van der Waals surface area contributed by atoms with Crippen molar-refractivity contribution in [1.82, 2.24) is 10.3 Å². The molecule has 0 atom stereocenters. The molecule has 152 valence electrons. The SMILES string of the molecule is COc1cccc(CCC(=O)NCCc2cc3cc(C(C)C)ccc3[nH]c2=O)c1. The number of nitrogens with one attached hydrogen (secondary N) is 2. The van der Waals surface area contributed by atoms with Crippen molar-refractivity contribution in [3.8, 4) is 5.75 Å².